The zero-order chi connectivity index (χ0) is 22.2. The lowest BCUT2D eigenvalue weighted by Crippen LogP contribution is -2.41. The summed E-state index contributed by atoms with van der Waals surface area (Å²) in [6.07, 6.45) is 4.13. The van der Waals surface area contributed by atoms with Crippen molar-refractivity contribution in [1.82, 2.24) is 10.2 Å². The summed E-state index contributed by atoms with van der Waals surface area (Å²) in [5.74, 6) is -0.952. The first-order chi connectivity index (χ1) is 14.8. The first-order valence-corrected chi connectivity index (χ1v) is 10.1. The van der Waals surface area contributed by atoms with Crippen LogP contribution >= 0.6 is 0 Å². The lowest BCUT2D eigenvalue weighted by atomic mass is 9.89. The number of ether oxygens (including phenoxy) is 1. The third-order valence-electron chi connectivity index (χ3n) is 5.90. The summed E-state index contributed by atoms with van der Waals surface area (Å²) in [5, 5.41) is 2.61. The molecule has 1 unspecified atom stereocenters. The molecule has 4 rings (SSSR count). The van der Waals surface area contributed by atoms with Gasteiger partial charge in [-0.3, -0.25) is 14.5 Å². The third-order valence-corrected chi connectivity index (χ3v) is 5.90. The molecule has 0 saturated carbocycles. The van der Waals surface area contributed by atoms with E-state index in [2.05, 4.69) is 10.1 Å². The highest BCUT2D eigenvalue weighted by Crippen LogP contribution is 2.31. The molecular formula is C23H22F2N2O4. The average molecular weight is 428 g/mol. The molecule has 0 spiro atoms. The molecule has 1 heterocycles. The lowest BCUT2D eigenvalue weighted by Gasteiger charge is -2.22. The Kier molecular flexibility index (Phi) is 5.47. The van der Waals surface area contributed by atoms with Crippen molar-refractivity contribution in [2.75, 3.05) is 6.54 Å². The highest BCUT2D eigenvalue weighted by Gasteiger charge is 2.49. The number of nitrogens with one attached hydrogen (secondary N) is 1. The Bertz CT molecular complexity index is 1040. The minimum atomic E-state index is -2.96. The summed E-state index contributed by atoms with van der Waals surface area (Å²) in [4.78, 5) is 39.2. The van der Waals surface area contributed by atoms with Crippen molar-refractivity contribution in [2.45, 2.75) is 44.8 Å². The monoisotopic (exact) mass is 428 g/mol. The Morgan fingerprint density at radius 1 is 1.10 bits per heavy atom. The van der Waals surface area contributed by atoms with E-state index in [4.69, 9.17) is 0 Å². The Morgan fingerprint density at radius 3 is 2.45 bits per heavy atom. The maximum absolute atomic E-state index is 13.0. The van der Waals surface area contributed by atoms with Gasteiger partial charge in [0.15, 0.2) is 5.78 Å². The van der Waals surface area contributed by atoms with Crippen molar-refractivity contribution in [3.05, 3.63) is 64.7 Å². The molecule has 2 aromatic rings. The Labute approximate surface area is 178 Å². The lowest BCUT2D eigenvalue weighted by molar-refractivity contribution is -0.130. The molecule has 2 aromatic carbocycles. The van der Waals surface area contributed by atoms with E-state index < -0.39 is 24.1 Å². The number of fused-ring (bicyclic) bond motifs is 1. The maximum Gasteiger partial charge on any atom is 0.387 e. The predicted molar refractivity (Wildman–Crippen MR) is 108 cm³/mol. The van der Waals surface area contributed by atoms with Gasteiger partial charge in [0.1, 0.15) is 11.3 Å². The zero-order valence-electron chi connectivity index (χ0n) is 17.0. The van der Waals surface area contributed by atoms with Crippen LogP contribution in [0.25, 0.3) is 0 Å². The van der Waals surface area contributed by atoms with Gasteiger partial charge in [-0.05, 0) is 67.5 Å². The second-order valence-corrected chi connectivity index (χ2v) is 7.96. The van der Waals surface area contributed by atoms with Crippen molar-refractivity contribution in [3.63, 3.8) is 0 Å². The smallest absolute Gasteiger partial charge is 0.387 e. The molecular weight excluding hydrogens is 406 g/mol. The van der Waals surface area contributed by atoms with Crippen LogP contribution in [0.2, 0.25) is 0 Å². The minimum Gasteiger partial charge on any atom is -0.435 e. The van der Waals surface area contributed by atoms with Crippen LogP contribution in [0.1, 0.15) is 46.8 Å². The molecule has 1 atom stereocenters. The number of rotatable bonds is 6. The molecule has 6 nitrogen and oxygen atoms in total. The van der Waals surface area contributed by atoms with E-state index in [1.807, 2.05) is 12.1 Å². The van der Waals surface area contributed by atoms with Crippen LogP contribution < -0.4 is 10.1 Å². The van der Waals surface area contributed by atoms with Gasteiger partial charge < -0.3 is 10.1 Å². The molecule has 8 heteroatoms. The van der Waals surface area contributed by atoms with Crippen LogP contribution in [-0.2, 0) is 23.2 Å². The van der Waals surface area contributed by atoms with E-state index in [9.17, 15) is 23.2 Å². The topological polar surface area (TPSA) is 75.7 Å². The Morgan fingerprint density at radius 2 is 1.77 bits per heavy atom. The highest BCUT2D eigenvalue weighted by molar-refractivity contribution is 6.11. The number of benzene rings is 2. The molecule has 1 saturated heterocycles. The number of ketones is 1. The van der Waals surface area contributed by atoms with Gasteiger partial charge in [0.05, 0.1) is 6.54 Å². The van der Waals surface area contributed by atoms with Crippen molar-refractivity contribution >= 4 is 17.7 Å². The number of carbonyl (C=O) groups excluding carboxylic acids is 3. The summed E-state index contributed by atoms with van der Waals surface area (Å²) in [7, 11) is 0. The number of hydrogen-bond acceptors (Lipinski definition) is 4. The molecule has 31 heavy (non-hydrogen) atoms. The molecule has 1 aliphatic carbocycles. The molecule has 2 aliphatic rings. The first kappa shape index (κ1) is 21.0. The molecule has 0 radical (unpaired) electrons. The maximum atomic E-state index is 13.0. The summed E-state index contributed by atoms with van der Waals surface area (Å²) in [6.45, 7) is -1.81. The normalized spacial score (nSPS) is 20.6. The van der Waals surface area contributed by atoms with Crippen LogP contribution in [-0.4, -0.2) is 35.8 Å². The van der Waals surface area contributed by atoms with Crippen LogP contribution in [0.15, 0.2) is 42.5 Å². The molecule has 0 aromatic heterocycles. The van der Waals surface area contributed by atoms with E-state index in [0.29, 0.717) is 11.1 Å². The molecule has 3 amide bonds. The van der Waals surface area contributed by atoms with Crippen molar-refractivity contribution in [3.8, 4) is 5.75 Å². The minimum absolute atomic E-state index is 0.0569. The van der Waals surface area contributed by atoms with Crippen LogP contribution in [0.3, 0.4) is 0 Å². The molecule has 1 aliphatic heterocycles. The van der Waals surface area contributed by atoms with E-state index in [1.54, 1.807) is 6.07 Å². The van der Waals surface area contributed by atoms with Crippen molar-refractivity contribution in [1.29, 1.82) is 0 Å². The number of nitrogens with zero attached hydrogens (tertiary/aromatic N) is 1. The number of halogens is 2. The number of imide groups is 1. The highest BCUT2D eigenvalue weighted by atomic mass is 19.3. The summed E-state index contributed by atoms with van der Waals surface area (Å²) in [5.41, 5.74) is 1.85. The van der Waals surface area contributed by atoms with Gasteiger partial charge in [-0.25, -0.2) is 4.79 Å². The number of amides is 3. The number of Topliss-reactive ketones (excluding diaryl/α,β-unsaturated/α-hetero) is 1. The van der Waals surface area contributed by atoms with E-state index >= 15 is 0 Å². The van der Waals surface area contributed by atoms with Gasteiger partial charge in [-0.1, -0.05) is 24.3 Å². The van der Waals surface area contributed by atoms with Gasteiger partial charge in [-0.15, -0.1) is 0 Å². The SMILES string of the molecule is CC1(c2ccc(OC(F)F)cc2)NC(=O)N(CC(=O)c2ccc3c(c2)CCCC3)C1=O. The van der Waals surface area contributed by atoms with Gasteiger partial charge in [0, 0.05) is 5.56 Å². The van der Waals surface area contributed by atoms with Crippen molar-refractivity contribution < 1.29 is 27.9 Å². The van der Waals surface area contributed by atoms with E-state index in [-0.39, 0.29) is 18.1 Å². The number of alkyl halides is 2. The number of hydrogen-bond donors (Lipinski definition) is 1. The van der Waals surface area contributed by atoms with Gasteiger partial charge in [-0.2, -0.15) is 8.78 Å². The van der Waals surface area contributed by atoms with E-state index in [0.717, 1.165) is 36.1 Å². The largest absolute Gasteiger partial charge is 0.435 e. The van der Waals surface area contributed by atoms with E-state index in [1.165, 1.54) is 36.8 Å². The molecule has 1 N–H and O–H groups in total. The third kappa shape index (κ3) is 4.02. The summed E-state index contributed by atoms with van der Waals surface area (Å²) < 4.78 is 29.0. The summed E-state index contributed by atoms with van der Waals surface area (Å²) >= 11 is 0. The standard InChI is InChI=1S/C23H22F2N2O4/c1-23(17-8-10-18(11-9-17)31-21(24)25)20(29)27(22(30)26-23)13-19(28)16-7-6-14-4-2-3-5-15(14)12-16/h6-12,21H,2-5,13H2,1H3,(H,26,30). The fourth-order valence-electron chi connectivity index (χ4n) is 4.15. The summed E-state index contributed by atoms with van der Waals surface area (Å²) in [6, 6.07) is 10.3. The Balaban J connectivity index is 1.51. The quantitative estimate of drug-likeness (QED) is 0.561. The number of aryl methyl sites for hydroxylation is 2. The second-order valence-electron chi connectivity index (χ2n) is 7.96. The number of urea groups is 1. The van der Waals surface area contributed by atoms with Crippen LogP contribution in [0.5, 0.6) is 5.75 Å². The molecule has 162 valence electrons. The number of carbonyl (C=O) groups is 3. The van der Waals surface area contributed by atoms with Crippen LogP contribution in [0.4, 0.5) is 13.6 Å². The first-order valence-electron chi connectivity index (χ1n) is 10.1. The van der Waals surface area contributed by atoms with Gasteiger partial charge in [0.25, 0.3) is 5.91 Å². The van der Waals surface area contributed by atoms with Gasteiger partial charge in [0.2, 0.25) is 0 Å². The Hall–Kier alpha value is -3.29. The fraction of sp³-hybridized carbons (Fsp3) is 0.348. The second kappa shape index (κ2) is 8.09. The fourth-order valence-corrected chi connectivity index (χ4v) is 4.15. The molecule has 1 fully saturated rings. The van der Waals surface area contributed by atoms with Gasteiger partial charge >= 0.3 is 12.6 Å². The molecule has 0 bridgehead atoms. The van der Waals surface area contributed by atoms with Crippen molar-refractivity contribution in [2.24, 2.45) is 0 Å². The predicted octanol–water partition coefficient (Wildman–Crippen LogP) is 3.82. The average Bonchev–Trinajstić information content (AvgIpc) is 2.97. The van der Waals surface area contributed by atoms with Crippen LogP contribution in [0, 0.1) is 0 Å². The zero-order valence-corrected chi connectivity index (χ0v) is 17.0.